The number of hydrogen-bond acceptors (Lipinski definition) is 4. The molecule has 1 amide bonds. The molecule has 3 aromatic carbocycles. The van der Waals surface area contributed by atoms with Crippen LogP contribution in [0.2, 0.25) is 0 Å². The molecule has 5 nitrogen and oxygen atoms in total. The molecular weight excluding hydrogens is 352 g/mol. The van der Waals surface area contributed by atoms with Crippen LogP contribution in [0, 0.1) is 11.3 Å². The second-order valence-corrected chi connectivity index (χ2v) is 6.13. The van der Waals surface area contributed by atoms with E-state index in [-0.39, 0.29) is 12.5 Å². The molecule has 3 aromatic rings. The van der Waals surface area contributed by atoms with Crippen molar-refractivity contribution in [1.82, 2.24) is 5.32 Å². The number of carbonyl (C=O) groups is 1. The molecule has 3 rings (SSSR count). The van der Waals surface area contributed by atoms with Gasteiger partial charge in [-0.2, -0.15) is 5.26 Å². The number of hydrogen-bond donors (Lipinski definition) is 1. The fourth-order valence-corrected chi connectivity index (χ4v) is 2.62. The second kappa shape index (κ2) is 9.24. The maximum Gasteiger partial charge on any atom is 0.258 e. The van der Waals surface area contributed by atoms with Crippen molar-refractivity contribution in [3.05, 3.63) is 83.9 Å². The van der Waals surface area contributed by atoms with Crippen LogP contribution >= 0.6 is 0 Å². The quantitative estimate of drug-likeness (QED) is 0.682. The van der Waals surface area contributed by atoms with Gasteiger partial charge in [-0.3, -0.25) is 4.79 Å². The maximum atomic E-state index is 12.0. The SMILES string of the molecule is COc1ccc(CNC(=O)COc2ccc(-c3ccc(C#N)cc3)cc2)cc1. The van der Waals surface area contributed by atoms with Gasteiger partial charge in [0.1, 0.15) is 11.5 Å². The van der Waals surface area contributed by atoms with Crippen molar-refractivity contribution in [1.29, 1.82) is 5.26 Å². The normalized spacial score (nSPS) is 10.0. The fraction of sp³-hybridized carbons (Fsp3) is 0.130. The Kier molecular flexibility index (Phi) is 6.27. The number of carbonyl (C=O) groups excluding carboxylic acids is 1. The Labute approximate surface area is 164 Å². The molecule has 0 aromatic heterocycles. The predicted octanol–water partition coefficient (Wildman–Crippen LogP) is 3.93. The highest BCUT2D eigenvalue weighted by Crippen LogP contribution is 2.22. The minimum absolute atomic E-state index is 0.0492. The molecule has 0 fully saturated rings. The average molecular weight is 372 g/mol. The van der Waals surface area contributed by atoms with Crippen LogP contribution in [0.5, 0.6) is 11.5 Å². The first-order valence-corrected chi connectivity index (χ1v) is 8.81. The number of benzene rings is 3. The van der Waals surface area contributed by atoms with Crippen LogP contribution in [0.25, 0.3) is 11.1 Å². The molecule has 0 spiro atoms. The van der Waals surface area contributed by atoms with E-state index >= 15 is 0 Å². The summed E-state index contributed by atoms with van der Waals surface area (Å²) in [5, 5.41) is 11.7. The smallest absolute Gasteiger partial charge is 0.258 e. The zero-order chi connectivity index (χ0) is 19.8. The molecule has 28 heavy (non-hydrogen) atoms. The van der Waals surface area contributed by atoms with Gasteiger partial charge in [0, 0.05) is 6.54 Å². The number of amides is 1. The maximum absolute atomic E-state index is 12.0. The molecule has 140 valence electrons. The molecule has 0 bridgehead atoms. The van der Waals surface area contributed by atoms with Crippen molar-refractivity contribution in [2.75, 3.05) is 13.7 Å². The van der Waals surface area contributed by atoms with E-state index in [1.807, 2.05) is 60.7 Å². The average Bonchev–Trinajstić information content (AvgIpc) is 2.77. The molecule has 0 aliphatic heterocycles. The van der Waals surface area contributed by atoms with Gasteiger partial charge in [0.15, 0.2) is 6.61 Å². The van der Waals surface area contributed by atoms with Gasteiger partial charge in [-0.15, -0.1) is 0 Å². The van der Waals surface area contributed by atoms with Gasteiger partial charge in [-0.1, -0.05) is 36.4 Å². The van der Waals surface area contributed by atoms with E-state index in [9.17, 15) is 4.79 Å². The molecule has 0 unspecified atom stereocenters. The van der Waals surface area contributed by atoms with E-state index in [0.29, 0.717) is 17.9 Å². The Morgan fingerprint density at radius 3 is 2.04 bits per heavy atom. The zero-order valence-corrected chi connectivity index (χ0v) is 15.5. The highest BCUT2D eigenvalue weighted by molar-refractivity contribution is 5.77. The Hall–Kier alpha value is -3.78. The van der Waals surface area contributed by atoms with Gasteiger partial charge >= 0.3 is 0 Å². The molecule has 0 saturated heterocycles. The number of nitrogens with one attached hydrogen (secondary N) is 1. The highest BCUT2D eigenvalue weighted by Gasteiger charge is 2.04. The molecule has 1 N–H and O–H groups in total. The monoisotopic (exact) mass is 372 g/mol. The van der Waals surface area contributed by atoms with Gasteiger partial charge < -0.3 is 14.8 Å². The summed E-state index contributed by atoms with van der Waals surface area (Å²) in [6, 6.07) is 24.5. The van der Waals surface area contributed by atoms with Gasteiger partial charge in [0.05, 0.1) is 18.7 Å². The lowest BCUT2D eigenvalue weighted by atomic mass is 10.0. The van der Waals surface area contributed by atoms with Crippen LogP contribution in [-0.2, 0) is 11.3 Å². The number of nitriles is 1. The molecular formula is C23H20N2O3. The molecule has 0 radical (unpaired) electrons. The Morgan fingerprint density at radius 1 is 0.893 bits per heavy atom. The number of rotatable bonds is 7. The van der Waals surface area contributed by atoms with Crippen LogP contribution in [0.3, 0.4) is 0 Å². The summed E-state index contributed by atoms with van der Waals surface area (Å²) in [5.74, 6) is 1.21. The highest BCUT2D eigenvalue weighted by atomic mass is 16.5. The topological polar surface area (TPSA) is 71.3 Å². The van der Waals surface area contributed by atoms with Gasteiger partial charge in [-0.25, -0.2) is 0 Å². The molecule has 0 atom stereocenters. The lowest BCUT2D eigenvalue weighted by Crippen LogP contribution is -2.28. The summed E-state index contributed by atoms with van der Waals surface area (Å²) in [4.78, 5) is 12.0. The summed E-state index contributed by atoms with van der Waals surface area (Å²) in [7, 11) is 1.62. The molecule has 5 heteroatoms. The first kappa shape index (κ1) is 19.0. The second-order valence-electron chi connectivity index (χ2n) is 6.13. The van der Waals surface area contributed by atoms with E-state index in [1.165, 1.54) is 0 Å². The van der Waals surface area contributed by atoms with Crippen LogP contribution in [0.4, 0.5) is 0 Å². The minimum Gasteiger partial charge on any atom is -0.497 e. The van der Waals surface area contributed by atoms with Crippen molar-refractivity contribution in [2.45, 2.75) is 6.54 Å². The third-order valence-electron chi connectivity index (χ3n) is 4.22. The van der Waals surface area contributed by atoms with Crippen molar-refractivity contribution in [2.24, 2.45) is 0 Å². The molecule has 0 aliphatic rings. The Bertz CT molecular complexity index is 957. The standard InChI is InChI=1S/C23H20N2O3/c1-27-21-10-4-18(5-11-21)15-25-23(26)16-28-22-12-8-20(9-13-22)19-6-2-17(14-24)3-7-19/h2-13H,15-16H2,1H3,(H,25,26). The van der Waals surface area contributed by atoms with Crippen molar-refractivity contribution >= 4 is 5.91 Å². The first-order chi connectivity index (χ1) is 13.7. The van der Waals surface area contributed by atoms with Crippen molar-refractivity contribution < 1.29 is 14.3 Å². The molecule has 0 heterocycles. The number of nitrogens with zero attached hydrogens (tertiary/aromatic N) is 1. The predicted molar refractivity (Wildman–Crippen MR) is 107 cm³/mol. The Balaban J connectivity index is 1.48. The third-order valence-corrected chi connectivity index (χ3v) is 4.22. The van der Waals surface area contributed by atoms with E-state index < -0.39 is 0 Å². The van der Waals surface area contributed by atoms with E-state index in [1.54, 1.807) is 19.2 Å². The van der Waals surface area contributed by atoms with Gasteiger partial charge in [-0.05, 0) is 53.1 Å². The molecule has 0 saturated carbocycles. The summed E-state index contributed by atoms with van der Waals surface area (Å²) in [6.07, 6.45) is 0. The van der Waals surface area contributed by atoms with E-state index in [0.717, 1.165) is 22.4 Å². The van der Waals surface area contributed by atoms with Crippen molar-refractivity contribution in [3.8, 4) is 28.7 Å². The summed E-state index contributed by atoms with van der Waals surface area (Å²) in [5.41, 5.74) is 3.65. The zero-order valence-electron chi connectivity index (χ0n) is 15.5. The largest absolute Gasteiger partial charge is 0.497 e. The van der Waals surface area contributed by atoms with Crippen LogP contribution in [0.1, 0.15) is 11.1 Å². The van der Waals surface area contributed by atoms with Crippen LogP contribution < -0.4 is 14.8 Å². The number of ether oxygens (including phenoxy) is 2. The summed E-state index contributed by atoms with van der Waals surface area (Å²) >= 11 is 0. The summed E-state index contributed by atoms with van der Waals surface area (Å²) in [6.45, 7) is 0.385. The van der Waals surface area contributed by atoms with Gasteiger partial charge in [0.25, 0.3) is 5.91 Å². The van der Waals surface area contributed by atoms with Crippen molar-refractivity contribution in [3.63, 3.8) is 0 Å². The number of methoxy groups -OCH3 is 1. The lowest BCUT2D eigenvalue weighted by Gasteiger charge is -2.09. The molecule has 0 aliphatic carbocycles. The Morgan fingerprint density at radius 2 is 1.46 bits per heavy atom. The van der Waals surface area contributed by atoms with Gasteiger partial charge in [0.2, 0.25) is 0 Å². The lowest BCUT2D eigenvalue weighted by molar-refractivity contribution is -0.123. The van der Waals surface area contributed by atoms with E-state index in [4.69, 9.17) is 14.7 Å². The minimum atomic E-state index is -0.188. The van der Waals surface area contributed by atoms with Crippen LogP contribution in [-0.4, -0.2) is 19.6 Å². The van der Waals surface area contributed by atoms with E-state index in [2.05, 4.69) is 11.4 Å². The van der Waals surface area contributed by atoms with Crippen LogP contribution in [0.15, 0.2) is 72.8 Å². The fourth-order valence-electron chi connectivity index (χ4n) is 2.62. The third kappa shape index (κ3) is 5.12. The first-order valence-electron chi connectivity index (χ1n) is 8.81. The summed E-state index contributed by atoms with van der Waals surface area (Å²) < 4.78 is 10.7.